The molecule has 0 fully saturated rings. The zero-order valence-electron chi connectivity index (χ0n) is 17.4. The van der Waals surface area contributed by atoms with Gasteiger partial charge in [-0.3, -0.25) is 19.2 Å². The van der Waals surface area contributed by atoms with Gasteiger partial charge in [-0.2, -0.15) is 0 Å². The van der Waals surface area contributed by atoms with E-state index in [4.69, 9.17) is 0 Å². The van der Waals surface area contributed by atoms with Crippen molar-refractivity contribution in [1.29, 1.82) is 0 Å². The van der Waals surface area contributed by atoms with E-state index in [1.165, 1.54) is 37.3 Å². The van der Waals surface area contributed by atoms with Gasteiger partial charge >= 0.3 is 0 Å². The lowest BCUT2D eigenvalue weighted by Gasteiger charge is -2.24. The van der Waals surface area contributed by atoms with Crippen molar-refractivity contribution in [3.63, 3.8) is 0 Å². The van der Waals surface area contributed by atoms with E-state index in [1.807, 2.05) is 0 Å². The third-order valence-electron chi connectivity index (χ3n) is 4.62. The number of benzene rings is 2. The number of hydrogen-bond acceptors (Lipinski definition) is 7. The number of carbonyl (C=O) groups excluding carboxylic acids is 1. The van der Waals surface area contributed by atoms with Gasteiger partial charge in [0.05, 0.1) is 33.4 Å². The zero-order valence-corrected chi connectivity index (χ0v) is 19.0. The highest BCUT2D eigenvalue weighted by molar-refractivity contribution is 7.92. The summed E-state index contributed by atoms with van der Waals surface area (Å²) in [6.45, 7) is 2.50. The number of anilines is 1. The molecular weight excluding hydrogens is 446 g/mol. The molecule has 1 amide bonds. The molecule has 0 aliphatic carbocycles. The number of sulfonamides is 1. The number of sulfone groups is 1. The number of rotatable bonds is 8. The molecule has 0 spiro atoms. The lowest BCUT2D eigenvalue weighted by atomic mass is 10.1. The number of nitrogens with zero attached hydrogens (tertiary/aromatic N) is 2. The molecule has 0 saturated carbocycles. The van der Waals surface area contributed by atoms with Gasteiger partial charge in [-0.1, -0.05) is 18.2 Å². The third-order valence-corrected chi connectivity index (χ3v) is 6.87. The van der Waals surface area contributed by atoms with Crippen molar-refractivity contribution in [1.82, 2.24) is 5.32 Å². The summed E-state index contributed by atoms with van der Waals surface area (Å²) in [6, 6.07) is 9.41. The maximum absolute atomic E-state index is 12.6. The number of hydrogen-bond donors (Lipinski definition) is 1. The maximum Gasteiger partial charge on any atom is 0.274 e. The van der Waals surface area contributed by atoms with Gasteiger partial charge in [0.2, 0.25) is 15.9 Å². The molecule has 168 valence electrons. The van der Waals surface area contributed by atoms with Crippen molar-refractivity contribution in [2.24, 2.45) is 0 Å². The predicted octanol–water partition coefficient (Wildman–Crippen LogP) is 1.95. The van der Waals surface area contributed by atoms with Gasteiger partial charge in [0.15, 0.2) is 9.84 Å². The minimum Gasteiger partial charge on any atom is -0.348 e. The Labute approximate surface area is 181 Å². The summed E-state index contributed by atoms with van der Waals surface area (Å²) in [5, 5.41) is 13.8. The molecule has 0 saturated heterocycles. The van der Waals surface area contributed by atoms with Gasteiger partial charge in [0.25, 0.3) is 5.69 Å². The second-order valence-corrected chi connectivity index (χ2v) is 11.0. The van der Waals surface area contributed by atoms with Crippen molar-refractivity contribution in [3.05, 3.63) is 63.7 Å². The molecule has 2 aromatic rings. The van der Waals surface area contributed by atoms with E-state index >= 15 is 0 Å². The number of nitro benzene ring substituents is 1. The topological polar surface area (TPSA) is 144 Å². The van der Waals surface area contributed by atoms with Crippen LogP contribution < -0.4 is 9.62 Å². The van der Waals surface area contributed by atoms with Crippen molar-refractivity contribution in [2.45, 2.75) is 24.8 Å². The fraction of sp³-hybridized carbons (Fsp3) is 0.316. The molecule has 0 aromatic heterocycles. The normalized spacial score (nSPS) is 12.8. The fourth-order valence-corrected chi connectivity index (χ4v) is 4.50. The average Bonchev–Trinajstić information content (AvgIpc) is 2.65. The molecule has 10 nitrogen and oxygen atoms in total. The maximum atomic E-state index is 12.6. The first-order valence-corrected chi connectivity index (χ1v) is 12.8. The Hall–Kier alpha value is -2.99. The molecule has 0 bridgehead atoms. The molecular formula is C19H23N3O7S2. The van der Waals surface area contributed by atoms with Crippen LogP contribution in [0.25, 0.3) is 0 Å². The summed E-state index contributed by atoms with van der Waals surface area (Å²) in [6.07, 6.45) is 1.99. The van der Waals surface area contributed by atoms with Crippen LogP contribution in [0.5, 0.6) is 0 Å². The van der Waals surface area contributed by atoms with Crippen LogP contribution in [0.4, 0.5) is 11.4 Å². The van der Waals surface area contributed by atoms with Crippen molar-refractivity contribution >= 4 is 37.1 Å². The summed E-state index contributed by atoms with van der Waals surface area (Å²) in [5.74, 6) is -0.629. The van der Waals surface area contributed by atoms with Crippen molar-refractivity contribution in [2.75, 3.05) is 23.4 Å². The quantitative estimate of drug-likeness (QED) is 0.459. The first kappa shape index (κ1) is 24.3. The first-order chi connectivity index (χ1) is 14.2. The molecule has 0 aliphatic heterocycles. The smallest absolute Gasteiger partial charge is 0.274 e. The van der Waals surface area contributed by atoms with Crippen LogP contribution in [-0.2, 0) is 24.7 Å². The molecule has 0 aliphatic rings. The number of nitro groups is 1. The lowest BCUT2D eigenvalue weighted by molar-refractivity contribution is -0.385. The summed E-state index contributed by atoms with van der Waals surface area (Å²) in [4.78, 5) is 23.3. The Morgan fingerprint density at radius 2 is 1.68 bits per heavy atom. The molecule has 0 radical (unpaired) electrons. The van der Waals surface area contributed by atoms with Gasteiger partial charge in [-0.05, 0) is 37.6 Å². The molecule has 31 heavy (non-hydrogen) atoms. The van der Waals surface area contributed by atoms with Gasteiger partial charge < -0.3 is 5.32 Å². The van der Waals surface area contributed by atoms with E-state index < -0.39 is 43.3 Å². The highest BCUT2D eigenvalue weighted by Crippen LogP contribution is 2.29. The van der Waals surface area contributed by atoms with Crippen LogP contribution in [0.3, 0.4) is 0 Å². The Bertz CT molecular complexity index is 1210. The molecule has 2 aromatic carbocycles. The minimum atomic E-state index is -3.92. The summed E-state index contributed by atoms with van der Waals surface area (Å²) in [5.41, 5.74) is 0.524. The highest BCUT2D eigenvalue weighted by Gasteiger charge is 2.26. The summed E-state index contributed by atoms with van der Waals surface area (Å²) < 4.78 is 48.5. The van der Waals surface area contributed by atoms with Crippen LogP contribution in [-0.4, -0.2) is 46.7 Å². The lowest BCUT2D eigenvalue weighted by Crippen LogP contribution is -2.41. The molecule has 1 atom stereocenters. The van der Waals surface area contributed by atoms with Crippen LogP contribution in [0.1, 0.15) is 24.1 Å². The first-order valence-electron chi connectivity index (χ1n) is 9.03. The average molecular weight is 470 g/mol. The fourth-order valence-electron chi connectivity index (χ4n) is 2.97. The van der Waals surface area contributed by atoms with E-state index in [1.54, 1.807) is 19.1 Å². The van der Waals surface area contributed by atoms with Crippen LogP contribution in [0, 0.1) is 17.0 Å². The van der Waals surface area contributed by atoms with Gasteiger partial charge in [-0.25, -0.2) is 16.8 Å². The van der Waals surface area contributed by atoms with Crippen molar-refractivity contribution < 1.29 is 26.6 Å². The summed E-state index contributed by atoms with van der Waals surface area (Å²) >= 11 is 0. The minimum absolute atomic E-state index is 0.0389. The standard InChI is InChI=1S/C19H23N3O7S2/c1-13-17(6-5-7-18(13)22(24)25)21(31(4,28)29)12-19(23)20-14(2)15-8-10-16(11-9-15)30(3,26)27/h5-11,14H,12H2,1-4H3,(H,20,23)/t14-/m1/s1. The van der Waals surface area contributed by atoms with E-state index in [0.29, 0.717) is 5.56 Å². The Morgan fingerprint density at radius 1 is 1.10 bits per heavy atom. The number of carbonyl (C=O) groups is 1. The predicted molar refractivity (Wildman–Crippen MR) is 116 cm³/mol. The van der Waals surface area contributed by atoms with Gasteiger partial charge in [-0.15, -0.1) is 0 Å². The molecule has 1 N–H and O–H groups in total. The van der Waals surface area contributed by atoms with E-state index in [9.17, 15) is 31.7 Å². The van der Waals surface area contributed by atoms with Gasteiger partial charge in [0, 0.05) is 12.3 Å². The highest BCUT2D eigenvalue weighted by atomic mass is 32.2. The zero-order chi connectivity index (χ0) is 23.6. The molecule has 0 heterocycles. The Kier molecular flexibility index (Phi) is 7.06. The van der Waals surface area contributed by atoms with E-state index in [-0.39, 0.29) is 21.8 Å². The van der Waals surface area contributed by atoms with E-state index in [0.717, 1.165) is 16.8 Å². The number of amides is 1. The molecule has 0 unspecified atom stereocenters. The summed E-state index contributed by atoms with van der Waals surface area (Å²) in [7, 11) is -7.27. The molecule has 2 rings (SSSR count). The van der Waals surface area contributed by atoms with Crippen LogP contribution in [0.15, 0.2) is 47.4 Å². The largest absolute Gasteiger partial charge is 0.348 e. The van der Waals surface area contributed by atoms with Crippen molar-refractivity contribution in [3.8, 4) is 0 Å². The Balaban J connectivity index is 2.25. The molecule has 12 heteroatoms. The monoisotopic (exact) mass is 469 g/mol. The van der Waals surface area contributed by atoms with Gasteiger partial charge in [0.1, 0.15) is 6.54 Å². The number of nitrogens with one attached hydrogen (secondary N) is 1. The second kappa shape index (κ2) is 9.02. The SMILES string of the molecule is Cc1c(N(CC(=O)N[C@H](C)c2ccc(S(C)(=O)=O)cc2)S(C)(=O)=O)cccc1[N+](=O)[O-]. The van der Waals surface area contributed by atoms with Crippen LogP contribution in [0.2, 0.25) is 0 Å². The third kappa shape index (κ3) is 6.01. The second-order valence-electron chi connectivity index (χ2n) is 7.08. The Morgan fingerprint density at radius 3 is 2.16 bits per heavy atom. The van der Waals surface area contributed by atoms with Crippen LogP contribution >= 0.6 is 0 Å². The van der Waals surface area contributed by atoms with E-state index in [2.05, 4.69) is 5.32 Å².